The molecule has 0 aliphatic carbocycles. The molecule has 0 spiro atoms. The summed E-state index contributed by atoms with van der Waals surface area (Å²) in [5.74, 6) is 0.366. The Kier molecular flexibility index (Phi) is 2.54. The Balaban J connectivity index is 3.18. The number of rotatable bonds is 1. The van der Waals surface area contributed by atoms with Crippen LogP contribution in [0.15, 0.2) is 24.3 Å². The predicted octanol–water partition coefficient (Wildman–Crippen LogP) is 3.12. The molecule has 1 heteroatoms. The lowest BCUT2D eigenvalue weighted by Crippen LogP contribution is -1.81. The molecule has 12 heavy (non-hydrogen) atoms. The van der Waals surface area contributed by atoms with Gasteiger partial charge in [-0.15, -0.1) is 0 Å². The van der Waals surface area contributed by atoms with Crippen LogP contribution in [0.1, 0.15) is 25.0 Å². The van der Waals surface area contributed by atoms with Gasteiger partial charge >= 0.3 is 0 Å². The average Bonchev–Trinajstić information content (AvgIpc) is 2.03. The van der Waals surface area contributed by atoms with Crippen molar-refractivity contribution < 1.29 is 5.11 Å². The van der Waals surface area contributed by atoms with Crippen molar-refractivity contribution in [3.63, 3.8) is 0 Å². The second kappa shape index (κ2) is 3.44. The highest BCUT2D eigenvalue weighted by Crippen LogP contribution is 2.25. The van der Waals surface area contributed by atoms with Crippen molar-refractivity contribution >= 4 is 5.57 Å². The topological polar surface area (TPSA) is 20.2 Å². The van der Waals surface area contributed by atoms with E-state index in [1.54, 1.807) is 6.07 Å². The minimum atomic E-state index is 0.366. The summed E-state index contributed by atoms with van der Waals surface area (Å²) >= 11 is 0. The Labute approximate surface area is 73.4 Å². The number of aryl methyl sites for hydroxylation is 1. The van der Waals surface area contributed by atoms with Gasteiger partial charge in [0.1, 0.15) is 5.75 Å². The molecule has 1 N–H and O–H groups in total. The number of aromatic hydroxyl groups is 1. The molecule has 0 aromatic heterocycles. The van der Waals surface area contributed by atoms with E-state index in [0.29, 0.717) is 5.75 Å². The summed E-state index contributed by atoms with van der Waals surface area (Å²) < 4.78 is 0. The fraction of sp³-hybridized carbons (Fsp3) is 0.273. The standard InChI is InChI=1S/C11H14O/c1-4-9(3)10-6-5-8(2)7-11(10)12/h4-7,12H,1-3H3/b9-4+. The molecule has 1 nitrogen and oxygen atoms in total. The number of hydrogen-bond donors (Lipinski definition) is 1. The van der Waals surface area contributed by atoms with E-state index in [9.17, 15) is 5.11 Å². The maximum atomic E-state index is 9.55. The van der Waals surface area contributed by atoms with Gasteiger partial charge in [0.2, 0.25) is 0 Å². The first-order valence-corrected chi connectivity index (χ1v) is 4.08. The Bertz CT molecular complexity index is 311. The van der Waals surface area contributed by atoms with Crippen LogP contribution in [-0.2, 0) is 0 Å². The fourth-order valence-corrected chi connectivity index (χ4v) is 1.13. The molecular weight excluding hydrogens is 148 g/mol. The summed E-state index contributed by atoms with van der Waals surface area (Å²) in [6.07, 6.45) is 1.99. The number of hydrogen-bond acceptors (Lipinski definition) is 1. The monoisotopic (exact) mass is 162 g/mol. The van der Waals surface area contributed by atoms with Crippen molar-refractivity contribution in [2.24, 2.45) is 0 Å². The van der Waals surface area contributed by atoms with Crippen molar-refractivity contribution in [3.8, 4) is 5.75 Å². The molecular formula is C11H14O. The van der Waals surface area contributed by atoms with Crippen LogP contribution in [-0.4, -0.2) is 5.11 Å². The van der Waals surface area contributed by atoms with Gasteiger partial charge in [0.15, 0.2) is 0 Å². The minimum Gasteiger partial charge on any atom is -0.507 e. The first kappa shape index (κ1) is 8.85. The molecule has 0 saturated carbocycles. The van der Waals surface area contributed by atoms with E-state index < -0.39 is 0 Å². The second-order valence-corrected chi connectivity index (χ2v) is 2.99. The lowest BCUT2D eigenvalue weighted by molar-refractivity contribution is 0.473. The van der Waals surface area contributed by atoms with Crippen molar-refractivity contribution in [1.82, 2.24) is 0 Å². The summed E-state index contributed by atoms with van der Waals surface area (Å²) in [6.45, 7) is 5.92. The van der Waals surface area contributed by atoms with Crippen molar-refractivity contribution in [2.75, 3.05) is 0 Å². The molecule has 1 aromatic carbocycles. The molecule has 0 amide bonds. The van der Waals surface area contributed by atoms with Gasteiger partial charge in [-0.2, -0.15) is 0 Å². The highest BCUT2D eigenvalue weighted by atomic mass is 16.3. The van der Waals surface area contributed by atoms with Crippen molar-refractivity contribution in [2.45, 2.75) is 20.8 Å². The largest absolute Gasteiger partial charge is 0.507 e. The van der Waals surface area contributed by atoms with E-state index >= 15 is 0 Å². The SMILES string of the molecule is C/C=C(\C)c1ccc(C)cc1O. The molecule has 0 aliphatic rings. The highest BCUT2D eigenvalue weighted by molar-refractivity contribution is 5.68. The zero-order valence-electron chi connectivity index (χ0n) is 7.76. The van der Waals surface area contributed by atoms with Crippen LogP contribution in [0, 0.1) is 6.92 Å². The number of benzene rings is 1. The van der Waals surface area contributed by atoms with Crippen LogP contribution in [0.4, 0.5) is 0 Å². The third-order valence-corrected chi connectivity index (χ3v) is 2.01. The summed E-state index contributed by atoms with van der Waals surface area (Å²) in [6, 6.07) is 5.73. The molecule has 1 aromatic rings. The summed E-state index contributed by atoms with van der Waals surface area (Å²) in [7, 11) is 0. The lowest BCUT2D eigenvalue weighted by atomic mass is 10.0. The molecule has 64 valence electrons. The molecule has 0 atom stereocenters. The van der Waals surface area contributed by atoms with Crippen LogP contribution in [0.5, 0.6) is 5.75 Å². The molecule has 0 radical (unpaired) electrons. The summed E-state index contributed by atoms with van der Waals surface area (Å²) in [4.78, 5) is 0. The Hall–Kier alpha value is -1.24. The number of phenols is 1. The Morgan fingerprint density at radius 2 is 2.08 bits per heavy atom. The fourth-order valence-electron chi connectivity index (χ4n) is 1.13. The maximum absolute atomic E-state index is 9.55. The smallest absolute Gasteiger partial charge is 0.123 e. The van der Waals surface area contributed by atoms with Gasteiger partial charge in [0.25, 0.3) is 0 Å². The van der Waals surface area contributed by atoms with Gasteiger partial charge in [-0.05, 0) is 38.0 Å². The molecule has 0 unspecified atom stereocenters. The summed E-state index contributed by atoms with van der Waals surface area (Å²) in [5, 5.41) is 9.55. The van der Waals surface area contributed by atoms with Crippen LogP contribution in [0.2, 0.25) is 0 Å². The van der Waals surface area contributed by atoms with E-state index in [-0.39, 0.29) is 0 Å². The quantitative estimate of drug-likeness (QED) is 0.672. The normalized spacial score (nSPS) is 11.8. The van der Waals surface area contributed by atoms with Gasteiger partial charge in [-0.1, -0.05) is 18.2 Å². The maximum Gasteiger partial charge on any atom is 0.123 e. The predicted molar refractivity (Wildman–Crippen MR) is 52.2 cm³/mol. The van der Waals surface area contributed by atoms with E-state index in [1.807, 2.05) is 39.0 Å². The van der Waals surface area contributed by atoms with Crippen molar-refractivity contribution in [1.29, 1.82) is 0 Å². The molecule has 0 bridgehead atoms. The van der Waals surface area contributed by atoms with Gasteiger partial charge in [0, 0.05) is 5.56 Å². The lowest BCUT2D eigenvalue weighted by Gasteiger charge is -2.04. The Morgan fingerprint density at radius 3 is 2.58 bits per heavy atom. The highest BCUT2D eigenvalue weighted by Gasteiger charge is 2.01. The van der Waals surface area contributed by atoms with Gasteiger partial charge in [0.05, 0.1) is 0 Å². The third-order valence-electron chi connectivity index (χ3n) is 2.01. The van der Waals surface area contributed by atoms with E-state index in [4.69, 9.17) is 0 Å². The van der Waals surface area contributed by atoms with Crippen LogP contribution in [0.3, 0.4) is 0 Å². The van der Waals surface area contributed by atoms with Crippen LogP contribution in [0.25, 0.3) is 5.57 Å². The molecule has 0 heterocycles. The van der Waals surface area contributed by atoms with Crippen molar-refractivity contribution in [3.05, 3.63) is 35.4 Å². The van der Waals surface area contributed by atoms with E-state index in [0.717, 1.165) is 16.7 Å². The molecule has 0 fully saturated rings. The first-order chi connectivity index (χ1) is 5.65. The van der Waals surface area contributed by atoms with Gasteiger partial charge in [-0.25, -0.2) is 0 Å². The molecule has 1 rings (SSSR count). The van der Waals surface area contributed by atoms with E-state index in [1.165, 1.54) is 0 Å². The van der Waals surface area contributed by atoms with Gasteiger partial charge in [-0.3, -0.25) is 0 Å². The van der Waals surface area contributed by atoms with Crippen LogP contribution >= 0.6 is 0 Å². The van der Waals surface area contributed by atoms with Crippen LogP contribution < -0.4 is 0 Å². The van der Waals surface area contributed by atoms with Gasteiger partial charge < -0.3 is 5.11 Å². The Morgan fingerprint density at radius 1 is 1.42 bits per heavy atom. The van der Waals surface area contributed by atoms with E-state index in [2.05, 4.69) is 0 Å². The first-order valence-electron chi connectivity index (χ1n) is 4.08. The minimum absolute atomic E-state index is 0.366. The summed E-state index contributed by atoms with van der Waals surface area (Å²) in [5.41, 5.74) is 3.11. The zero-order valence-corrected chi connectivity index (χ0v) is 7.76. The second-order valence-electron chi connectivity index (χ2n) is 2.99. The third kappa shape index (κ3) is 1.67. The number of allylic oxidation sites excluding steroid dienone is 2. The molecule has 0 aliphatic heterocycles. The molecule has 0 saturated heterocycles. The zero-order chi connectivity index (χ0) is 9.14. The average molecular weight is 162 g/mol. The number of phenolic OH excluding ortho intramolecular Hbond substituents is 1.